The molecule has 3 aromatic rings. The Morgan fingerprint density at radius 3 is 2.54 bits per heavy atom. The maximum atomic E-state index is 13.1. The fourth-order valence-electron chi connectivity index (χ4n) is 4.76. The van der Waals surface area contributed by atoms with Crippen LogP contribution < -0.4 is 0 Å². The van der Waals surface area contributed by atoms with Crippen LogP contribution in [0.25, 0.3) is 16.5 Å². The van der Waals surface area contributed by atoms with Gasteiger partial charge in [-0.3, -0.25) is 4.79 Å². The third-order valence-corrected chi connectivity index (χ3v) is 6.08. The van der Waals surface area contributed by atoms with E-state index in [-0.39, 0.29) is 5.92 Å². The third-order valence-electron chi connectivity index (χ3n) is 6.08. The van der Waals surface area contributed by atoms with Gasteiger partial charge in [0.05, 0.1) is 0 Å². The number of allylic oxidation sites excluding steroid dienone is 2. The number of carbonyl (C=O) groups is 1. The molecule has 2 aliphatic rings. The average molecular weight is 341 g/mol. The normalized spacial score (nSPS) is 19.6. The largest absolute Gasteiger partial charge is 0.342 e. The molecule has 2 heteroatoms. The lowest BCUT2D eigenvalue weighted by Crippen LogP contribution is -2.14. The minimum atomic E-state index is -0.0457. The molecule has 0 amide bonds. The van der Waals surface area contributed by atoms with E-state index in [1.165, 1.54) is 39.6 Å². The van der Waals surface area contributed by atoms with Gasteiger partial charge in [-0.2, -0.15) is 0 Å². The summed E-state index contributed by atoms with van der Waals surface area (Å²) in [7, 11) is 0. The Balaban J connectivity index is 1.76. The second kappa shape index (κ2) is 5.98. The van der Waals surface area contributed by atoms with Crippen LogP contribution in [0.3, 0.4) is 0 Å². The molecule has 0 radical (unpaired) electrons. The molecule has 2 nitrogen and oxygen atoms in total. The quantitative estimate of drug-likeness (QED) is 0.586. The number of fused-ring (bicyclic) bond motifs is 1. The summed E-state index contributed by atoms with van der Waals surface area (Å²) in [5.41, 5.74) is 7.47. The van der Waals surface area contributed by atoms with Crippen LogP contribution in [-0.2, 0) is 11.3 Å². The van der Waals surface area contributed by atoms with Gasteiger partial charge in [0.2, 0.25) is 0 Å². The van der Waals surface area contributed by atoms with Gasteiger partial charge in [0.1, 0.15) is 0 Å². The smallest absolute Gasteiger partial charge is 0.166 e. The number of rotatable bonds is 2. The molecule has 0 aliphatic heterocycles. The maximum Gasteiger partial charge on any atom is 0.166 e. The molecule has 0 saturated heterocycles. The Bertz CT molecular complexity index is 1040. The van der Waals surface area contributed by atoms with Crippen LogP contribution in [0.4, 0.5) is 0 Å². The fraction of sp³-hybridized carbons (Fsp3) is 0.292. The number of carbonyl (C=O) groups excluding carboxylic acids is 1. The Labute approximate surface area is 154 Å². The number of nitrogens with zero attached hydrogens (tertiary/aromatic N) is 1. The van der Waals surface area contributed by atoms with Crippen molar-refractivity contribution in [1.82, 2.24) is 4.57 Å². The number of hydrogen-bond donors (Lipinski definition) is 0. The van der Waals surface area contributed by atoms with E-state index < -0.39 is 0 Å². The van der Waals surface area contributed by atoms with Crippen molar-refractivity contribution in [1.29, 1.82) is 0 Å². The zero-order valence-electron chi connectivity index (χ0n) is 15.2. The van der Waals surface area contributed by atoms with E-state index >= 15 is 0 Å². The predicted octanol–water partition coefficient (Wildman–Crippen LogP) is 5.70. The first-order chi connectivity index (χ1) is 12.7. The fourth-order valence-corrected chi connectivity index (χ4v) is 4.76. The van der Waals surface area contributed by atoms with Crippen molar-refractivity contribution < 1.29 is 4.79 Å². The number of hydrogen-bond acceptors (Lipinski definition) is 1. The van der Waals surface area contributed by atoms with E-state index in [1.54, 1.807) is 0 Å². The molecular weight excluding hydrogens is 318 g/mol. The lowest BCUT2D eigenvalue weighted by atomic mass is 9.84. The number of ketones is 1. The van der Waals surface area contributed by atoms with Crippen LogP contribution in [0.1, 0.15) is 55.2 Å². The van der Waals surface area contributed by atoms with Gasteiger partial charge in [-0.1, -0.05) is 49.4 Å². The maximum absolute atomic E-state index is 13.1. The summed E-state index contributed by atoms with van der Waals surface area (Å²) in [6.45, 7) is 2.95. The molecule has 130 valence electrons. The molecule has 1 heterocycles. The van der Waals surface area contributed by atoms with Gasteiger partial charge in [0.25, 0.3) is 0 Å². The second-order valence-corrected chi connectivity index (χ2v) is 7.65. The lowest BCUT2D eigenvalue weighted by molar-refractivity contribution is -0.116. The highest BCUT2D eigenvalue weighted by atomic mass is 16.1. The van der Waals surface area contributed by atoms with Crippen LogP contribution >= 0.6 is 0 Å². The number of Topliss-reactive ketones (excluding diaryl/α,β-unsaturated/α-hetero) is 1. The van der Waals surface area contributed by atoms with Crippen LogP contribution in [-0.4, -0.2) is 10.4 Å². The standard InChI is InChI=1S/C24H23NO/c1-16-18-12-7-13-22-23(18)21(19-10-5-6-11-20(19)24(16)26)15-25(22)14-17-8-3-2-4-9-17/h2-4,7-9,12-13,15-16H,5-6,10-11,14H2,1H3. The zero-order chi connectivity index (χ0) is 17.7. The highest BCUT2D eigenvalue weighted by Gasteiger charge is 2.32. The molecule has 0 spiro atoms. The summed E-state index contributed by atoms with van der Waals surface area (Å²) >= 11 is 0. The SMILES string of the molecule is CC1C(=O)C2=C(CCCC2)c2cn(Cc3ccccc3)c3cccc1c23. The summed E-state index contributed by atoms with van der Waals surface area (Å²) in [5.74, 6) is 0.300. The van der Waals surface area contributed by atoms with Crippen molar-refractivity contribution in [3.8, 4) is 0 Å². The van der Waals surface area contributed by atoms with Crippen LogP contribution in [0, 0.1) is 0 Å². The molecule has 26 heavy (non-hydrogen) atoms. The average Bonchev–Trinajstić information content (AvgIpc) is 3.02. The highest BCUT2D eigenvalue weighted by molar-refractivity contribution is 6.13. The van der Waals surface area contributed by atoms with Crippen molar-refractivity contribution in [2.24, 2.45) is 0 Å². The molecule has 0 N–H and O–H groups in total. The Kier molecular flexibility index (Phi) is 3.59. The van der Waals surface area contributed by atoms with Crippen molar-refractivity contribution in [3.63, 3.8) is 0 Å². The predicted molar refractivity (Wildman–Crippen MR) is 106 cm³/mol. The van der Waals surface area contributed by atoms with Gasteiger partial charge in [-0.05, 0) is 54.0 Å². The molecular formula is C24H23NO. The summed E-state index contributed by atoms with van der Waals surface area (Å²) < 4.78 is 2.37. The van der Waals surface area contributed by atoms with Crippen molar-refractivity contribution >= 4 is 22.3 Å². The zero-order valence-corrected chi connectivity index (χ0v) is 15.2. The Morgan fingerprint density at radius 2 is 1.73 bits per heavy atom. The molecule has 1 aromatic heterocycles. The summed E-state index contributed by atoms with van der Waals surface area (Å²) in [6, 6.07) is 17.1. The van der Waals surface area contributed by atoms with E-state index in [0.717, 1.165) is 31.4 Å². The molecule has 0 fully saturated rings. The topological polar surface area (TPSA) is 22.0 Å². The first kappa shape index (κ1) is 15.6. The molecule has 0 saturated carbocycles. The minimum absolute atomic E-state index is 0.0457. The van der Waals surface area contributed by atoms with E-state index in [0.29, 0.717) is 5.78 Å². The van der Waals surface area contributed by atoms with Crippen LogP contribution in [0.2, 0.25) is 0 Å². The van der Waals surface area contributed by atoms with Crippen LogP contribution in [0.5, 0.6) is 0 Å². The van der Waals surface area contributed by atoms with Gasteiger partial charge >= 0.3 is 0 Å². The highest BCUT2D eigenvalue weighted by Crippen LogP contribution is 2.44. The van der Waals surface area contributed by atoms with Gasteiger partial charge in [0.15, 0.2) is 5.78 Å². The van der Waals surface area contributed by atoms with E-state index in [4.69, 9.17) is 0 Å². The molecule has 1 unspecified atom stereocenters. The number of benzene rings is 2. The Hall–Kier alpha value is -2.61. The second-order valence-electron chi connectivity index (χ2n) is 7.65. The molecule has 1 atom stereocenters. The monoisotopic (exact) mass is 341 g/mol. The van der Waals surface area contributed by atoms with Gasteiger partial charge in [-0.15, -0.1) is 0 Å². The minimum Gasteiger partial charge on any atom is -0.342 e. The van der Waals surface area contributed by atoms with E-state index in [9.17, 15) is 4.79 Å². The Morgan fingerprint density at radius 1 is 0.962 bits per heavy atom. The van der Waals surface area contributed by atoms with Crippen molar-refractivity contribution in [3.05, 3.63) is 77.0 Å². The van der Waals surface area contributed by atoms with E-state index in [2.05, 4.69) is 66.2 Å². The van der Waals surface area contributed by atoms with Gasteiger partial charge < -0.3 is 4.57 Å². The lowest BCUT2D eigenvalue weighted by Gasteiger charge is -2.19. The summed E-state index contributed by atoms with van der Waals surface area (Å²) in [5, 5.41) is 1.30. The molecule has 5 rings (SSSR count). The third kappa shape index (κ3) is 2.28. The molecule has 2 aromatic carbocycles. The molecule has 0 bridgehead atoms. The van der Waals surface area contributed by atoms with Gasteiger partial charge in [-0.25, -0.2) is 0 Å². The first-order valence-electron chi connectivity index (χ1n) is 9.66. The summed E-state index contributed by atoms with van der Waals surface area (Å²) in [4.78, 5) is 13.1. The number of aromatic nitrogens is 1. The van der Waals surface area contributed by atoms with Gasteiger partial charge in [0, 0.05) is 35.1 Å². The van der Waals surface area contributed by atoms with E-state index in [1.807, 2.05) is 0 Å². The van der Waals surface area contributed by atoms with Crippen molar-refractivity contribution in [2.45, 2.75) is 45.1 Å². The van der Waals surface area contributed by atoms with Crippen molar-refractivity contribution in [2.75, 3.05) is 0 Å². The molecule has 2 aliphatic carbocycles. The first-order valence-corrected chi connectivity index (χ1v) is 9.66. The van der Waals surface area contributed by atoms with Crippen LogP contribution in [0.15, 0.2) is 60.3 Å². The summed E-state index contributed by atoms with van der Waals surface area (Å²) in [6.07, 6.45) is 6.60.